The van der Waals surface area contributed by atoms with Gasteiger partial charge in [-0.25, -0.2) is 8.42 Å². The Morgan fingerprint density at radius 2 is 1.70 bits per heavy atom. The van der Waals surface area contributed by atoms with Crippen LogP contribution >= 0.6 is 12.2 Å². The maximum absolute atomic E-state index is 12.1. The highest BCUT2D eigenvalue weighted by Gasteiger charge is 2.42. The number of pyridine rings is 1. The minimum Gasteiger partial charge on any atom is -0.495 e. The van der Waals surface area contributed by atoms with Crippen LogP contribution in [0.1, 0.15) is 23.5 Å². The molecule has 1 aliphatic heterocycles. The number of nitrogens with zero attached hydrogens (tertiary/aromatic N) is 3. The Morgan fingerprint density at radius 3 is 2.45 bits per heavy atom. The van der Waals surface area contributed by atoms with Gasteiger partial charge in [0.1, 0.15) is 11.8 Å². The Morgan fingerprint density at radius 1 is 0.925 bits per heavy atom. The summed E-state index contributed by atoms with van der Waals surface area (Å²) < 4.78 is 34.4. The predicted molar refractivity (Wildman–Crippen MR) is 163 cm³/mol. The largest absolute Gasteiger partial charge is 0.495 e. The van der Waals surface area contributed by atoms with E-state index in [0.717, 1.165) is 28.7 Å². The highest BCUT2D eigenvalue weighted by atomic mass is 32.2. The van der Waals surface area contributed by atoms with E-state index in [-0.39, 0.29) is 12.1 Å². The molecule has 40 heavy (non-hydrogen) atoms. The SMILES string of the molecule is COc1ccc(N2C(=S)N[C@H](c3ccccn3)[C@H]2c2cccn2-c2ccc3ccccc3c2)cc1NS(C)(=O)=O. The van der Waals surface area contributed by atoms with Gasteiger partial charge in [-0.2, -0.15) is 0 Å². The molecular weight excluding hydrogens is 542 g/mol. The Labute approximate surface area is 238 Å². The first kappa shape index (κ1) is 25.8. The number of anilines is 2. The Bertz CT molecular complexity index is 1820. The lowest BCUT2D eigenvalue weighted by molar-refractivity contribution is 0.417. The van der Waals surface area contributed by atoms with Crippen molar-refractivity contribution in [2.24, 2.45) is 0 Å². The lowest BCUT2D eigenvalue weighted by Gasteiger charge is -2.29. The molecule has 8 nitrogen and oxygen atoms in total. The first-order valence-corrected chi connectivity index (χ1v) is 15.0. The van der Waals surface area contributed by atoms with Crippen molar-refractivity contribution in [3.63, 3.8) is 0 Å². The minimum absolute atomic E-state index is 0.267. The molecule has 202 valence electrons. The maximum atomic E-state index is 12.1. The molecule has 0 radical (unpaired) electrons. The highest BCUT2D eigenvalue weighted by molar-refractivity contribution is 7.92. The molecule has 0 unspecified atom stereocenters. The monoisotopic (exact) mass is 569 g/mol. The summed E-state index contributed by atoms with van der Waals surface area (Å²) in [5, 5.41) is 6.29. The summed E-state index contributed by atoms with van der Waals surface area (Å²) in [5.41, 5.74) is 3.89. The van der Waals surface area contributed by atoms with E-state index in [0.29, 0.717) is 22.2 Å². The molecule has 1 fully saturated rings. The van der Waals surface area contributed by atoms with E-state index in [4.69, 9.17) is 17.0 Å². The maximum Gasteiger partial charge on any atom is 0.229 e. The molecule has 10 heteroatoms. The number of benzene rings is 3. The fraction of sp³-hybridized carbons (Fsp3) is 0.133. The number of nitrogens with one attached hydrogen (secondary N) is 2. The number of fused-ring (bicyclic) bond motifs is 1. The van der Waals surface area contributed by atoms with Gasteiger partial charge in [0, 0.05) is 29.5 Å². The van der Waals surface area contributed by atoms with Gasteiger partial charge in [-0.05, 0) is 77.6 Å². The third kappa shape index (κ3) is 4.87. The van der Waals surface area contributed by atoms with Crippen LogP contribution in [0.5, 0.6) is 5.75 Å². The Kier molecular flexibility index (Phi) is 6.65. The summed E-state index contributed by atoms with van der Waals surface area (Å²) in [4.78, 5) is 6.66. The minimum atomic E-state index is -3.55. The molecule has 0 amide bonds. The second-order valence-electron chi connectivity index (χ2n) is 9.59. The van der Waals surface area contributed by atoms with Gasteiger partial charge >= 0.3 is 0 Å². The number of hydrogen-bond donors (Lipinski definition) is 2. The number of aromatic nitrogens is 2. The second-order valence-corrected chi connectivity index (χ2v) is 11.7. The van der Waals surface area contributed by atoms with Crippen molar-refractivity contribution in [2.45, 2.75) is 12.1 Å². The molecule has 1 saturated heterocycles. The normalized spacial score (nSPS) is 17.1. The zero-order valence-electron chi connectivity index (χ0n) is 21.9. The standard InChI is InChI=1S/C30H27N5O3S2/c1-38-27-15-14-23(19-25(27)33-40(2,36)37)35-29(28(32-30(35)39)24-10-5-6-16-31-24)26-11-7-17-34(26)22-13-12-20-8-3-4-9-21(20)18-22/h3-19,28-29,33H,1-2H3,(H,32,39)/t28-,29-/m1/s1. The molecule has 3 aromatic carbocycles. The molecular formula is C30H27N5O3S2. The number of methoxy groups -OCH3 is 1. The van der Waals surface area contributed by atoms with Crippen LogP contribution in [0.25, 0.3) is 16.5 Å². The van der Waals surface area contributed by atoms with Crippen LogP contribution in [0.4, 0.5) is 11.4 Å². The van der Waals surface area contributed by atoms with Crippen LogP contribution in [0.3, 0.4) is 0 Å². The van der Waals surface area contributed by atoms with Crippen molar-refractivity contribution < 1.29 is 13.2 Å². The van der Waals surface area contributed by atoms with Gasteiger partial charge in [-0.15, -0.1) is 0 Å². The molecule has 0 saturated carbocycles. The summed E-state index contributed by atoms with van der Waals surface area (Å²) in [7, 11) is -2.05. The van der Waals surface area contributed by atoms with E-state index in [9.17, 15) is 8.42 Å². The van der Waals surface area contributed by atoms with Crippen molar-refractivity contribution in [1.82, 2.24) is 14.9 Å². The Balaban J connectivity index is 1.51. The van der Waals surface area contributed by atoms with E-state index in [1.807, 2.05) is 53.6 Å². The van der Waals surface area contributed by atoms with E-state index >= 15 is 0 Å². The third-order valence-electron chi connectivity index (χ3n) is 6.95. The predicted octanol–water partition coefficient (Wildman–Crippen LogP) is 5.58. The van der Waals surface area contributed by atoms with E-state index in [1.54, 1.807) is 18.3 Å². The highest BCUT2D eigenvalue weighted by Crippen LogP contribution is 2.44. The summed E-state index contributed by atoms with van der Waals surface area (Å²) >= 11 is 5.90. The summed E-state index contributed by atoms with van der Waals surface area (Å²) in [5.74, 6) is 0.407. The smallest absolute Gasteiger partial charge is 0.229 e. The van der Waals surface area contributed by atoms with Crippen LogP contribution in [-0.2, 0) is 10.0 Å². The van der Waals surface area contributed by atoms with Gasteiger partial charge in [0.15, 0.2) is 5.11 Å². The van der Waals surface area contributed by atoms with Gasteiger partial charge in [0.25, 0.3) is 0 Å². The van der Waals surface area contributed by atoms with Crippen LogP contribution < -0.4 is 19.7 Å². The first-order valence-electron chi connectivity index (χ1n) is 12.7. The molecule has 0 aliphatic carbocycles. The van der Waals surface area contributed by atoms with Crippen LogP contribution in [0.2, 0.25) is 0 Å². The third-order valence-corrected chi connectivity index (χ3v) is 7.85. The van der Waals surface area contributed by atoms with Crippen molar-refractivity contribution >= 4 is 49.5 Å². The Hall–Kier alpha value is -4.41. The topological polar surface area (TPSA) is 88.5 Å². The molecule has 6 rings (SSSR count). The molecule has 2 atom stereocenters. The first-order chi connectivity index (χ1) is 19.3. The average Bonchev–Trinajstić information content (AvgIpc) is 3.56. The van der Waals surface area contributed by atoms with Crippen LogP contribution in [-0.4, -0.2) is 36.4 Å². The van der Waals surface area contributed by atoms with E-state index in [1.165, 1.54) is 12.5 Å². The van der Waals surface area contributed by atoms with Gasteiger partial charge in [0.05, 0.1) is 30.8 Å². The van der Waals surface area contributed by atoms with E-state index < -0.39 is 10.0 Å². The second kappa shape index (κ2) is 10.3. The van der Waals surface area contributed by atoms with Crippen molar-refractivity contribution in [3.05, 3.63) is 115 Å². The summed E-state index contributed by atoms with van der Waals surface area (Å²) in [6.45, 7) is 0. The van der Waals surface area contributed by atoms with Gasteiger partial charge in [0.2, 0.25) is 10.0 Å². The zero-order chi connectivity index (χ0) is 27.9. The van der Waals surface area contributed by atoms with Crippen LogP contribution in [0, 0.1) is 0 Å². The quantitative estimate of drug-likeness (QED) is 0.247. The van der Waals surface area contributed by atoms with Crippen molar-refractivity contribution in [3.8, 4) is 11.4 Å². The van der Waals surface area contributed by atoms with Crippen LogP contribution in [0.15, 0.2) is 103 Å². The van der Waals surface area contributed by atoms with Crippen molar-refractivity contribution in [2.75, 3.05) is 23.0 Å². The van der Waals surface area contributed by atoms with Gasteiger partial charge in [-0.3, -0.25) is 9.71 Å². The molecule has 0 bridgehead atoms. The fourth-order valence-corrected chi connectivity index (χ4v) is 6.16. The average molecular weight is 570 g/mol. The van der Waals surface area contributed by atoms with Crippen molar-refractivity contribution in [1.29, 1.82) is 0 Å². The zero-order valence-corrected chi connectivity index (χ0v) is 23.5. The molecule has 1 aliphatic rings. The van der Waals surface area contributed by atoms with Gasteiger partial charge in [-0.1, -0.05) is 36.4 Å². The number of sulfonamides is 1. The number of hydrogen-bond acceptors (Lipinski definition) is 5. The number of ether oxygens (including phenoxy) is 1. The lowest BCUT2D eigenvalue weighted by Crippen LogP contribution is -2.30. The summed E-state index contributed by atoms with van der Waals surface area (Å²) in [6, 6.07) is 29.3. The van der Waals surface area contributed by atoms with Gasteiger partial charge < -0.3 is 19.5 Å². The lowest BCUT2D eigenvalue weighted by atomic mass is 10.0. The molecule has 2 aromatic heterocycles. The number of thiocarbonyl (C=S) groups is 1. The molecule has 5 aromatic rings. The summed E-state index contributed by atoms with van der Waals surface area (Å²) in [6.07, 6.45) is 4.92. The fourth-order valence-electron chi connectivity index (χ4n) is 5.26. The molecule has 0 spiro atoms. The molecule has 2 N–H and O–H groups in total. The number of rotatable bonds is 7. The molecule has 3 heterocycles. The van der Waals surface area contributed by atoms with E-state index in [2.05, 4.69) is 56.0 Å².